The van der Waals surface area contributed by atoms with E-state index in [1.807, 2.05) is 43.3 Å². The van der Waals surface area contributed by atoms with E-state index in [1.165, 1.54) is 12.8 Å². The van der Waals surface area contributed by atoms with Crippen molar-refractivity contribution in [3.05, 3.63) is 59.3 Å². The first-order valence-electron chi connectivity index (χ1n) is 10.3. The van der Waals surface area contributed by atoms with E-state index in [0.29, 0.717) is 11.7 Å². The smallest absolute Gasteiger partial charge is 0.404 e. The van der Waals surface area contributed by atoms with E-state index in [1.54, 1.807) is 6.07 Å². The summed E-state index contributed by atoms with van der Waals surface area (Å²) in [4.78, 5) is 27.3. The van der Waals surface area contributed by atoms with Gasteiger partial charge in [-0.05, 0) is 61.4 Å². The fourth-order valence-electron chi connectivity index (χ4n) is 3.75. The van der Waals surface area contributed by atoms with Crippen molar-refractivity contribution in [1.29, 1.82) is 0 Å². The number of carboxylic acid groups (broad SMARTS) is 1. The number of hydrogen-bond acceptors (Lipinski definition) is 4. The molecule has 4 rings (SSSR count). The topological polar surface area (TPSA) is 115 Å². The number of carbonyl (C=O) groups is 2. The summed E-state index contributed by atoms with van der Waals surface area (Å²) in [5.41, 5.74) is 10.8. The van der Waals surface area contributed by atoms with Crippen LogP contribution in [0, 0.1) is 12.8 Å². The summed E-state index contributed by atoms with van der Waals surface area (Å²) in [6, 6.07) is 13.6. The number of pyridine rings is 1. The molecule has 2 aromatic carbocycles. The highest BCUT2D eigenvalue weighted by Gasteiger charge is 2.26. The quantitative estimate of drug-likeness (QED) is 0.514. The number of amides is 2. The summed E-state index contributed by atoms with van der Waals surface area (Å²) in [5, 5.41) is 12.6. The number of nitrogens with two attached hydrogens (primary N) is 1. The number of aryl methyl sites for hydroxylation is 1. The minimum atomic E-state index is -1.08. The summed E-state index contributed by atoms with van der Waals surface area (Å²) in [7, 11) is 0. The Morgan fingerprint density at radius 3 is 2.58 bits per heavy atom. The van der Waals surface area contributed by atoms with Crippen LogP contribution in [-0.2, 0) is 17.8 Å². The van der Waals surface area contributed by atoms with Crippen molar-refractivity contribution in [2.24, 2.45) is 11.7 Å². The van der Waals surface area contributed by atoms with Crippen LogP contribution in [0.4, 0.5) is 4.79 Å². The lowest BCUT2D eigenvalue weighted by Crippen LogP contribution is -2.22. The molecule has 0 aliphatic heterocycles. The molecule has 2 amide bonds. The highest BCUT2D eigenvalue weighted by molar-refractivity contribution is 5.97. The van der Waals surface area contributed by atoms with E-state index in [9.17, 15) is 14.7 Å². The maximum Gasteiger partial charge on any atom is 0.404 e. The molecule has 1 aliphatic rings. The van der Waals surface area contributed by atoms with Crippen LogP contribution in [0.5, 0.6) is 5.75 Å². The van der Waals surface area contributed by atoms with Gasteiger partial charge in [0.1, 0.15) is 5.75 Å². The Labute approximate surface area is 180 Å². The molecular weight excluding hydrogens is 394 g/mol. The van der Waals surface area contributed by atoms with Crippen LogP contribution in [0.3, 0.4) is 0 Å². The highest BCUT2D eigenvalue weighted by Crippen LogP contribution is 2.39. The van der Waals surface area contributed by atoms with E-state index >= 15 is 0 Å². The summed E-state index contributed by atoms with van der Waals surface area (Å²) < 4.78 is 5.52. The van der Waals surface area contributed by atoms with Gasteiger partial charge in [0, 0.05) is 23.2 Å². The number of rotatable bonds is 8. The average Bonchev–Trinajstić information content (AvgIpc) is 3.55. The summed E-state index contributed by atoms with van der Waals surface area (Å²) in [5.74, 6) is 0.550. The van der Waals surface area contributed by atoms with Crippen molar-refractivity contribution in [2.45, 2.75) is 32.7 Å². The third-order valence-corrected chi connectivity index (χ3v) is 5.46. The predicted molar refractivity (Wildman–Crippen MR) is 118 cm³/mol. The lowest BCUT2D eigenvalue weighted by molar-refractivity contribution is -0.119. The van der Waals surface area contributed by atoms with Crippen LogP contribution in [0.25, 0.3) is 22.0 Å². The Morgan fingerprint density at radius 1 is 1.19 bits per heavy atom. The molecule has 3 aromatic rings. The lowest BCUT2D eigenvalue weighted by atomic mass is 9.92. The fourth-order valence-corrected chi connectivity index (χ4v) is 3.75. The van der Waals surface area contributed by atoms with Gasteiger partial charge in [0.15, 0.2) is 6.61 Å². The van der Waals surface area contributed by atoms with Crippen LogP contribution in [0.2, 0.25) is 0 Å². The van der Waals surface area contributed by atoms with E-state index in [4.69, 9.17) is 15.5 Å². The van der Waals surface area contributed by atoms with Gasteiger partial charge >= 0.3 is 6.09 Å². The first kappa shape index (κ1) is 20.7. The van der Waals surface area contributed by atoms with E-state index in [2.05, 4.69) is 5.32 Å². The second kappa shape index (κ2) is 8.63. The van der Waals surface area contributed by atoms with Gasteiger partial charge in [0.05, 0.1) is 5.52 Å². The number of ether oxygens (including phenoxy) is 1. The zero-order chi connectivity index (χ0) is 22.0. The van der Waals surface area contributed by atoms with Crippen LogP contribution >= 0.6 is 0 Å². The van der Waals surface area contributed by atoms with Gasteiger partial charge in [0.2, 0.25) is 0 Å². The molecule has 0 saturated heterocycles. The van der Waals surface area contributed by atoms with Crippen molar-refractivity contribution in [1.82, 2.24) is 10.3 Å². The largest absolute Gasteiger partial charge is 0.484 e. The minimum absolute atomic E-state index is 0.163. The molecule has 7 nitrogen and oxygen atoms in total. The molecule has 31 heavy (non-hydrogen) atoms. The molecule has 1 fully saturated rings. The van der Waals surface area contributed by atoms with Crippen molar-refractivity contribution in [3.63, 3.8) is 0 Å². The SMILES string of the molecule is Cc1ccc(-c2c(CNC(=O)O)c(CC3CC3)nc3ccc(OCC(N)=O)cc23)cc1. The van der Waals surface area contributed by atoms with Crippen LogP contribution in [-0.4, -0.2) is 28.7 Å². The summed E-state index contributed by atoms with van der Waals surface area (Å²) >= 11 is 0. The monoisotopic (exact) mass is 419 g/mol. The number of primary amides is 1. The van der Waals surface area contributed by atoms with Crippen LogP contribution in [0.15, 0.2) is 42.5 Å². The molecule has 0 spiro atoms. The third kappa shape index (κ3) is 4.94. The molecule has 1 saturated carbocycles. The Morgan fingerprint density at radius 2 is 1.94 bits per heavy atom. The number of nitrogens with one attached hydrogen (secondary N) is 1. The second-order valence-electron chi connectivity index (χ2n) is 8.02. The summed E-state index contributed by atoms with van der Waals surface area (Å²) in [6.45, 7) is 1.97. The maximum absolute atomic E-state index is 11.3. The number of carbonyl (C=O) groups excluding carboxylic acids is 1. The molecule has 7 heteroatoms. The van der Waals surface area contributed by atoms with Gasteiger partial charge in [-0.2, -0.15) is 0 Å². The number of benzene rings is 2. The van der Waals surface area contributed by atoms with Gasteiger partial charge in [-0.15, -0.1) is 0 Å². The third-order valence-electron chi connectivity index (χ3n) is 5.46. The predicted octanol–water partition coefficient (Wildman–Crippen LogP) is 3.79. The lowest BCUT2D eigenvalue weighted by Gasteiger charge is -2.18. The Kier molecular flexibility index (Phi) is 5.75. The van der Waals surface area contributed by atoms with Gasteiger partial charge < -0.3 is 20.9 Å². The van der Waals surface area contributed by atoms with Gasteiger partial charge in [-0.25, -0.2) is 4.79 Å². The first-order valence-corrected chi connectivity index (χ1v) is 10.3. The molecule has 1 heterocycles. The molecule has 4 N–H and O–H groups in total. The zero-order valence-corrected chi connectivity index (χ0v) is 17.4. The van der Waals surface area contributed by atoms with Crippen molar-refractivity contribution >= 4 is 22.9 Å². The van der Waals surface area contributed by atoms with E-state index in [0.717, 1.165) is 45.3 Å². The Balaban J connectivity index is 1.92. The number of fused-ring (bicyclic) bond motifs is 1. The fraction of sp³-hybridized carbons (Fsp3) is 0.292. The van der Waals surface area contributed by atoms with E-state index < -0.39 is 12.0 Å². The van der Waals surface area contributed by atoms with Crippen molar-refractivity contribution in [2.75, 3.05) is 6.61 Å². The Hall–Kier alpha value is -3.61. The molecule has 0 atom stereocenters. The molecule has 1 aliphatic carbocycles. The van der Waals surface area contributed by atoms with Crippen LogP contribution in [0.1, 0.15) is 29.7 Å². The molecular formula is C24H25N3O4. The highest BCUT2D eigenvalue weighted by atomic mass is 16.5. The standard InChI is InChI=1S/C24H25N3O4/c1-14-2-6-16(7-3-14)23-18-11-17(31-13-22(25)28)8-9-20(18)27-21(10-15-4-5-15)19(23)12-26-24(29)30/h2-3,6-9,11,15,26H,4-5,10,12-13H2,1H3,(H2,25,28)(H,29,30). The zero-order valence-electron chi connectivity index (χ0n) is 17.4. The van der Waals surface area contributed by atoms with Gasteiger partial charge in [0.25, 0.3) is 5.91 Å². The van der Waals surface area contributed by atoms with Crippen molar-refractivity contribution in [3.8, 4) is 16.9 Å². The Bertz CT molecular complexity index is 1140. The number of aromatic nitrogens is 1. The second-order valence-corrected chi connectivity index (χ2v) is 8.02. The average molecular weight is 419 g/mol. The number of nitrogens with zero attached hydrogens (tertiary/aromatic N) is 1. The van der Waals surface area contributed by atoms with Crippen LogP contribution < -0.4 is 15.8 Å². The van der Waals surface area contributed by atoms with E-state index in [-0.39, 0.29) is 13.2 Å². The molecule has 0 unspecified atom stereocenters. The molecule has 0 radical (unpaired) electrons. The molecule has 1 aromatic heterocycles. The van der Waals surface area contributed by atoms with Crippen molar-refractivity contribution < 1.29 is 19.4 Å². The first-order chi connectivity index (χ1) is 14.9. The molecule has 0 bridgehead atoms. The normalized spacial score (nSPS) is 13.2. The van der Waals surface area contributed by atoms with Gasteiger partial charge in [-0.3, -0.25) is 9.78 Å². The van der Waals surface area contributed by atoms with Gasteiger partial charge in [-0.1, -0.05) is 29.8 Å². The maximum atomic E-state index is 11.3. The number of hydrogen-bond donors (Lipinski definition) is 3. The molecule has 160 valence electrons. The minimum Gasteiger partial charge on any atom is -0.484 e. The summed E-state index contributed by atoms with van der Waals surface area (Å²) in [6.07, 6.45) is 2.09.